The molecule has 0 aromatic heterocycles. The highest BCUT2D eigenvalue weighted by Gasteiger charge is 2.27. The van der Waals surface area contributed by atoms with Gasteiger partial charge in [0.15, 0.2) is 0 Å². The zero-order valence-electron chi connectivity index (χ0n) is 7.69. The van der Waals surface area contributed by atoms with Gasteiger partial charge in [-0.25, -0.2) is 0 Å². The molecule has 0 aromatic carbocycles. The van der Waals surface area contributed by atoms with Crippen molar-refractivity contribution in [1.82, 2.24) is 4.31 Å². The van der Waals surface area contributed by atoms with Gasteiger partial charge >= 0.3 is 0 Å². The van der Waals surface area contributed by atoms with Crippen molar-refractivity contribution in [2.24, 2.45) is 5.92 Å². The van der Waals surface area contributed by atoms with E-state index in [-0.39, 0.29) is 12.0 Å². The van der Waals surface area contributed by atoms with E-state index >= 15 is 0 Å². The Balaban J connectivity index is 2.36. The molecule has 0 amide bonds. The summed E-state index contributed by atoms with van der Waals surface area (Å²) in [6.45, 7) is 2.59. The third kappa shape index (κ3) is 2.62. The van der Waals surface area contributed by atoms with E-state index in [4.69, 9.17) is 4.74 Å². The lowest BCUT2D eigenvalue weighted by Gasteiger charge is -2.34. The first-order valence-electron chi connectivity index (χ1n) is 4.24. The van der Waals surface area contributed by atoms with Crippen LogP contribution < -0.4 is 0 Å². The second-order valence-corrected chi connectivity index (χ2v) is 4.02. The Kier molecular flexibility index (Phi) is 4.35. The standard InChI is InChI=1S/C8H17NO2S/c1-11-6-7-5-9(12-2)4-3-8(7)10/h7-8,10H,3-6H2,1-2H3. The van der Waals surface area contributed by atoms with Crippen molar-refractivity contribution < 1.29 is 9.84 Å². The summed E-state index contributed by atoms with van der Waals surface area (Å²) in [6, 6.07) is 0. The van der Waals surface area contributed by atoms with Crippen LogP contribution in [0, 0.1) is 5.92 Å². The summed E-state index contributed by atoms with van der Waals surface area (Å²) < 4.78 is 7.32. The number of piperidine rings is 1. The number of hydrogen-bond acceptors (Lipinski definition) is 4. The van der Waals surface area contributed by atoms with Gasteiger partial charge in [0.05, 0.1) is 12.7 Å². The molecule has 12 heavy (non-hydrogen) atoms. The highest BCUT2D eigenvalue weighted by Crippen LogP contribution is 2.21. The number of hydrogen-bond donors (Lipinski definition) is 1. The average Bonchev–Trinajstić information content (AvgIpc) is 2.09. The molecular weight excluding hydrogens is 174 g/mol. The first-order valence-corrected chi connectivity index (χ1v) is 5.42. The monoisotopic (exact) mass is 191 g/mol. The third-order valence-corrected chi connectivity index (χ3v) is 3.14. The Morgan fingerprint density at radius 1 is 1.67 bits per heavy atom. The van der Waals surface area contributed by atoms with Gasteiger partial charge in [-0.05, 0) is 12.7 Å². The minimum atomic E-state index is -0.173. The van der Waals surface area contributed by atoms with E-state index in [1.54, 1.807) is 19.1 Å². The normalized spacial score (nSPS) is 32.2. The van der Waals surface area contributed by atoms with Gasteiger partial charge in [-0.3, -0.25) is 4.31 Å². The van der Waals surface area contributed by atoms with Gasteiger partial charge in [-0.2, -0.15) is 0 Å². The second kappa shape index (κ2) is 5.07. The minimum absolute atomic E-state index is 0.173. The van der Waals surface area contributed by atoms with Crippen LogP contribution in [-0.2, 0) is 4.74 Å². The Hall–Kier alpha value is 0.230. The number of ether oxygens (including phenoxy) is 1. The minimum Gasteiger partial charge on any atom is -0.393 e. The SMILES string of the molecule is COCC1CN(SC)CCC1O. The molecule has 1 aliphatic rings. The lowest BCUT2D eigenvalue weighted by atomic mass is 9.97. The van der Waals surface area contributed by atoms with Crippen LogP contribution in [0.2, 0.25) is 0 Å². The van der Waals surface area contributed by atoms with Crippen molar-refractivity contribution in [3.8, 4) is 0 Å². The fourth-order valence-electron chi connectivity index (χ4n) is 1.53. The van der Waals surface area contributed by atoms with Crippen molar-refractivity contribution in [2.45, 2.75) is 12.5 Å². The van der Waals surface area contributed by atoms with Crippen LogP contribution in [0.25, 0.3) is 0 Å². The number of aliphatic hydroxyl groups is 1. The van der Waals surface area contributed by atoms with Crippen LogP contribution in [0.4, 0.5) is 0 Å². The maximum absolute atomic E-state index is 9.60. The Bertz CT molecular complexity index is 134. The summed E-state index contributed by atoms with van der Waals surface area (Å²) >= 11 is 1.74. The zero-order valence-corrected chi connectivity index (χ0v) is 8.51. The predicted octanol–water partition coefficient (Wildman–Crippen LogP) is 0.594. The molecular formula is C8H17NO2S. The molecule has 3 nitrogen and oxygen atoms in total. The van der Waals surface area contributed by atoms with Crippen LogP contribution >= 0.6 is 11.9 Å². The van der Waals surface area contributed by atoms with Gasteiger partial charge in [-0.1, -0.05) is 11.9 Å². The predicted molar refractivity (Wildman–Crippen MR) is 51.1 cm³/mol. The Morgan fingerprint density at radius 3 is 3.00 bits per heavy atom. The zero-order chi connectivity index (χ0) is 8.97. The molecule has 1 heterocycles. The lowest BCUT2D eigenvalue weighted by Crippen LogP contribution is -2.41. The number of aliphatic hydroxyl groups excluding tert-OH is 1. The Labute approximate surface area is 78.2 Å². The summed E-state index contributed by atoms with van der Waals surface area (Å²) in [5, 5.41) is 9.60. The smallest absolute Gasteiger partial charge is 0.0615 e. The first-order chi connectivity index (χ1) is 5.77. The summed E-state index contributed by atoms with van der Waals surface area (Å²) in [6.07, 6.45) is 2.77. The topological polar surface area (TPSA) is 32.7 Å². The van der Waals surface area contributed by atoms with E-state index in [0.29, 0.717) is 6.61 Å². The van der Waals surface area contributed by atoms with Crippen molar-refractivity contribution >= 4 is 11.9 Å². The molecule has 2 unspecified atom stereocenters. The van der Waals surface area contributed by atoms with E-state index < -0.39 is 0 Å². The van der Waals surface area contributed by atoms with Gasteiger partial charge in [-0.15, -0.1) is 0 Å². The molecule has 0 radical (unpaired) electrons. The molecule has 0 aliphatic carbocycles. The number of rotatable bonds is 3. The lowest BCUT2D eigenvalue weighted by molar-refractivity contribution is 0.0120. The fraction of sp³-hybridized carbons (Fsp3) is 1.00. The second-order valence-electron chi connectivity index (χ2n) is 3.14. The van der Waals surface area contributed by atoms with Crippen molar-refractivity contribution in [3.05, 3.63) is 0 Å². The van der Waals surface area contributed by atoms with Crippen molar-refractivity contribution in [3.63, 3.8) is 0 Å². The maximum atomic E-state index is 9.60. The van der Waals surface area contributed by atoms with E-state index in [0.717, 1.165) is 19.5 Å². The van der Waals surface area contributed by atoms with Crippen LogP contribution in [0.15, 0.2) is 0 Å². The summed E-state index contributed by atoms with van der Waals surface area (Å²) in [5.74, 6) is 0.288. The quantitative estimate of drug-likeness (QED) is 0.662. The molecule has 1 N–H and O–H groups in total. The molecule has 4 heteroatoms. The van der Waals surface area contributed by atoms with E-state index in [9.17, 15) is 5.11 Å². The highest BCUT2D eigenvalue weighted by atomic mass is 32.2. The molecule has 1 fully saturated rings. The summed E-state index contributed by atoms with van der Waals surface area (Å²) in [4.78, 5) is 0. The van der Waals surface area contributed by atoms with Crippen LogP contribution in [0.3, 0.4) is 0 Å². The van der Waals surface area contributed by atoms with Gasteiger partial charge in [0.1, 0.15) is 0 Å². The molecule has 1 saturated heterocycles. The number of nitrogens with zero attached hydrogens (tertiary/aromatic N) is 1. The van der Waals surface area contributed by atoms with Crippen LogP contribution in [-0.4, -0.2) is 48.6 Å². The Morgan fingerprint density at radius 2 is 2.42 bits per heavy atom. The molecule has 72 valence electrons. The first kappa shape index (κ1) is 10.3. The molecule has 0 bridgehead atoms. The molecule has 0 saturated carbocycles. The van der Waals surface area contributed by atoms with E-state index in [1.165, 1.54) is 0 Å². The van der Waals surface area contributed by atoms with Gasteiger partial charge < -0.3 is 9.84 Å². The van der Waals surface area contributed by atoms with Crippen molar-refractivity contribution in [1.29, 1.82) is 0 Å². The van der Waals surface area contributed by atoms with Crippen molar-refractivity contribution in [2.75, 3.05) is 33.1 Å². The molecule has 0 aromatic rings. The molecule has 2 atom stereocenters. The van der Waals surface area contributed by atoms with Crippen LogP contribution in [0.1, 0.15) is 6.42 Å². The number of methoxy groups -OCH3 is 1. The van der Waals surface area contributed by atoms with Gasteiger partial charge in [0.2, 0.25) is 0 Å². The third-order valence-electron chi connectivity index (χ3n) is 2.30. The van der Waals surface area contributed by atoms with E-state index in [1.807, 2.05) is 0 Å². The molecule has 1 rings (SSSR count). The fourth-order valence-corrected chi connectivity index (χ4v) is 2.16. The maximum Gasteiger partial charge on any atom is 0.0615 e. The average molecular weight is 191 g/mol. The van der Waals surface area contributed by atoms with Gasteiger partial charge in [0.25, 0.3) is 0 Å². The van der Waals surface area contributed by atoms with Crippen LogP contribution in [0.5, 0.6) is 0 Å². The largest absolute Gasteiger partial charge is 0.393 e. The summed E-state index contributed by atoms with van der Waals surface area (Å²) in [5.41, 5.74) is 0. The molecule has 1 aliphatic heterocycles. The van der Waals surface area contributed by atoms with Gasteiger partial charge in [0, 0.05) is 26.1 Å². The summed E-state index contributed by atoms with van der Waals surface area (Å²) in [7, 11) is 1.69. The van der Waals surface area contributed by atoms with E-state index in [2.05, 4.69) is 10.6 Å². The molecule has 0 spiro atoms. The highest BCUT2D eigenvalue weighted by molar-refractivity contribution is 7.96.